The van der Waals surface area contributed by atoms with E-state index in [1.807, 2.05) is 0 Å². The Labute approximate surface area is 109 Å². The van der Waals surface area contributed by atoms with Crippen LogP contribution >= 0.6 is 0 Å². The average Bonchev–Trinajstić information content (AvgIpc) is 2.32. The van der Waals surface area contributed by atoms with E-state index in [-0.39, 0.29) is 13.1 Å². The minimum absolute atomic E-state index is 0.155. The summed E-state index contributed by atoms with van der Waals surface area (Å²) in [6.07, 6.45) is -2.77. The number of likely N-dealkylation sites (tertiary alicyclic amines) is 1. The third-order valence-electron chi connectivity index (χ3n) is 3.28. The first-order valence-electron chi connectivity index (χ1n) is 5.73. The molecular formula is C12H15F3N2O2. The van der Waals surface area contributed by atoms with E-state index in [1.165, 1.54) is 7.11 Å². The standard InChI is InChI=1S/C12H15F3N2O2/c1-18-10-5-9(3-4-16-10)6-17-7-11(8-17,19-2)12(13,14)15/h3-5H,6-8H2,1-2H3. The molecule has 0 radical (unpaired) electrons. The van der Waals surface area contributed by atoms with Crippen molar-refractivity contribution in [3.63, 3.8) is 0 Å². The molecule has 0 amide bonds. The SMILES string of the molecule is COc1cc(CN2CC(OC)(C(F)(F)F)C2)ccn1. The van der Waals surface area contributed by atoms with Crippen molar-refractivity contribution in [3.8, 4) is 5.88 Å². The van der Waals surface area contributed by atoms with E-state index < -0.39 is 11.8 Å². The molecule has 2 rings (SSSR count). The molecule has 2 heterocycles. The summed E-state index contributed by atoms with van der Waals surface area (Å²) in [4.78, 5) is 5.62. The van der Waals surface area contributed by atoms with Crippen molar-refractivity contribution < 1.29 is 22.6 Å². The highest BCUT2D eigenvalue weighted by Gasteiger charge is 2.62. The quantitative estimate of drug-likeness (QED) is 0.840. The van der Waals surface area contributed by atoms with Gasteiger partial charge in [-0.2, -0.15) is 13.2 Å². The van der Waals surface area contributed by atoms with Gasteiger partial charge in [-0.3, -0.25) is 4.90 Å². The highest BCUT2D eigenvalue weighted by Crippen LogP contribution is 2.40. The van der Waals surface area contributed by atoms with Gasteiger partial charge in [0.25, 0.3) is 0 Å². The van der Waals surface area contributed by atoms with Crippen molar-refractivity contribution in [1.82, 2.24) is 9.88 Å². The number of aromatic nitrogens is 1. The Bertz CT molecular complexity index is 445. The van der Waals surface area contributed by atoms with E-state index in [1.54, 1.807) is 23.2 Å². The van der Waals surface area contributed by atoms with Crippen LogP contribution in [0.15, 0.2) is 18.3 Å². The van der Waals surface area contributed by atoms with E-state index >= 15 is 0 Å². The van der Waals surface area contributed by atoms with E-state index in [0.29, 0.717) is 12.4 Å². The molecule has 0 aromatic carbocycles. The summed E-state index contributed by atoms with van der Waals surface area (Å²) in [5.41, 5.74) is -1.16. The second kappa shape index (κ2) is 4.97. The highest BCUT2D eigenvalue weighted by atomic mass is 19.4. The lowest BCUT2D eigenvalue weighted by atomic mass is 9.92. The predicted molar refractivity (Wildman–Crippen MR) is 61.9 cm³/mol. The van der Waals surface area contributed by atoms with Gasteiger partial charge >= 0.3 is 6.18 Å². The number of halogens is 3. The molecule has 0 bridgehead atoms. The van der Waals surface area contributed by atoms with Crippen molar-refractivity contribution >= 4 is 0 Å². The Morgan fingerprint density at radius 1 is 1.37 bits per heavy atom. The van der Waals surface area contributed by atoms with Gasteiger partial charge < -0.3 is 9.47 Å². The number of pyridine rings is 1. The number of nitrogens with zero attached hydrogens (tertiary/aromatic N) is 2. The zero-order chi connectivity index (χ0) is 14.1. The molecule has 1 aliphatic rings. The predicted octanol–water partition coefficient (Wildman–Crippen LogP) is 1.85. The van der Waals surface area contributed by atoms with Crippen LogP contribution in [0.1, 0.15) is 5.56 Å². The molecular weight excluding hydrogens is 261 g/mol. The maximum atomic E-state index is 12.8. The van der Waals surface area contributed by atoms with Crippen LogP contribution in [0.3, 0.4) is 0 Å². The summed E-state index contributed by atoms with van der Waals surface area (Å²) in [6.45, 7) is 0.106. The second-order valence-corrected chi connectivity index (χ2v) is 4.55. The van der Waals surface area contributed by atoms with Crippen LogP contribution in [0.25, 0.3) is 0 Å². The number of ether oxygens (including phenoxy) is 2. The maximum absolute atomic E-state index is 12.8. The third kappa shape index (κ3) is 2.66. The van der Waals surface area contributed by atoms with Crippen molar-refractivity contribution in [3.05, 3.63) is 23.9 Å². The zero-order valence-corrected chi connectivity index (χ0v) is 10.7. The van der Waals surface area contributed by atoms with Crippen LogP contribution in [0.5, 0.6) is 5.88 Å². The first kappa shape index (κ1) is 14.1. The normalized spacial score (nSPS) is 19.0. The molecule has 1 saturated heterocycles. The summed E-state index contributed by atoms with van der Waals surface area (Å²) >= 11 is 0. The van der Waals surface area contributed by atoms with Crippen LogP contribution in [-0.4, -0.2) is 49.0 Å². The molecule has 0 unspecified atom stereocenters. The monoisotopic (exact) mass is 276 g/mol. The molecule has 7 heteroatoms. The van der Waals surface area contributed by atoms with Crippen molar-refractivity contribution in [2.45, 2.75) is 18.3 Å². The molecule has 0 N–H and O–H groups in total. The first-order valence-corrected chi connectivity index (χ1v) is 5.73. The van der Waals surface area contributed by atoms with Gasteiger partial charge in [0.05, 0.1) is 7.11 Å². The maximum Gasteiger partial charge on any atom is 0.419 e. The Kier molecular flexibility index (Phi) is 3.69. The van der Waals surface area contributed by atoms with Gasteiger partial charge in [0.2, 0.25) is 5.88 Å². The molecule has 19 heavy (non-hydrogen) atoms. The Morgan fingerprint density at radius 2 is 2.05 bits per heavy atom. The number of rotatable bonds is 4. The van der Waals surface area contributed by atoms with Gasteiger partial charge in [-0.1, -0.05) is 0 Å². The summed E-state index contributed by atoms with van der Waals surface area (Å²) in [6, 6.07) is 3.46. The fourth-order valence-electron chi connectivity index (χ4n) is 2.13. The van der Waals surface area contributed by atoms with E-state index in [2.05, 4.69) is 9.72 Å². The van der Waals surface area contributed by atoms with Gasteiger partial charge in [-0.05, 0) is 11.6 Å². The molecule has 1 aromatic rings. The van der Waals surface area contributed by atoms with Crippen molar-refractivity contribution in [1.29, 1.82) is 0 Å². The molecule has 0 saturated carbocycles. The van der Waals surface area contributed by atoms with E-state index in [4.69, 9.17) is 4.74 Å². The molecule has 0 aliphatic carbocycles. The van der Waals surface area contributed by atoms with Crippen molar-refractivity contribution in [2.75, 3.05) is 27.3 Å². The lowest BCUT2D eigenvalue weighted by molar-refractivity contribution is -0.312. The summed E-state index contributed by atoms with van der Waals surface area (Å²) in [7, 11) is 2.59. The topological polar surface area (TPSA) is 34.6 Å². The number of hydrogen-bond donors (Lipinski definition) is 0. The van der Waals surface area contributed by atoms with Gasteiger partial charge in [0.1, 0.15) is 0 Å². The highest BCUT2D eigenvalue weighted by molar-refractivity contribution is 5.21. The van der Waals surface area contributed by atoms with E-state index in [9.17, 15) is 13.2 Å². The molecule has 1 aliphatic heterocycles. The van der Waals surface area contributed by atoms with E-state index in [0.717, 1.165) is 12.7 Å². The van der Waals surface area contributed by atoms with Crippen LogP contribution < -0.4 is 4.74 Å². The van der Waals surface area contributed by atoms with Gasteiger partial charge in [-0.15, -0.1) is 0 Å². The Balaban J connectivity index is 1.97. The lowest BCUT2D eigenvalue weighted by Gasteiger charge is -2.49. The number of methoxy groups -OCH3 is 2. The number of hydrogen-bond acceptors (Lipinski definition) is 4. The van der Waals surface area contributed by atoms with Crippen LogP contribution in [0.2, 0.25) is 0 Å². The molecule has 4 nitrogen and oxygen atoms in total. The van der Waals surface area contributed by atoms with Gasteiger partial charge in [-0.25, -0.2) is 4.98 Å². The fraction of sp³-hybridized carbons (Fsp3) is 0.583. The van der Waals surface area contributed by atoms with Crippen LogP contribution in [0, 0.1) is 0 Å². The zero-order valence-electron chi connectivity index (χ0n) is 10.7. The molecule has 106 valence electrons. The lowest BCUT2D eigenvalue weighted by Crippen LogP contribution is -2.69. The second-order valence-electron chi connectivity index (χ2n) is 4.55. The summed E-state index contributed by atoms with van der Waals surface area (Å²) in [5, 5.41) is 0. The Morgan fingerprint density at radius 3 is 2.58 bits per heavy atom. The first-order chi connectivity index (χ1) is 8.90. The number of alkyl halides is 3. The molecule has 1 aromatic heterocycles. The fourth-order valence-corrected chi connectivity index (χ4v) is 2.13. The summed E-state index contributed by atoms with van der Waals surface area (Å²) < 4.78 is 48.0. The molecule has 0 spiro atoms. The van der Waals surface area contributed by atoms with Gasteiger partial charge in [0, 0.05) is 39.0 Å². The average molecular weight is 276 g/mol. The largest absolute Gasteiger partial charge is 0.481 e. The van der Waals surface area contributed by atoms with Gasteiger partial charge in [0.15, 0.2) is 5.60 Å². The summed E-state index contributed by atoms with van der Waals surface area (Å²) in [5.74, 6) is 0.451. The Hall–Kier alpha value is -1.34. The van der Waals surface area contributed by atoms with Crippen molar-refractivity contribution in [2.24, 2.45) is 0 Å². The third-order valence-corrected chi connectivity index (χ3v) is 3.28. The van der Waals surface area contributed by atoms with Crippen LogP contribution in [-0.2, 0) is 11.3 Å². The smallest absolute Gasteiger partial charge is 0.419 e. The minimum atomic E-state index is -4.34. The minimum Gasteiger partial charge on any atom is -0.481 e. The molecule has 1 fully saturated rings. The van der Waals surface area contributed by atoms with Crippen LogP contribution in [0.4, 0.5) is 13.2 Å². The molecule has 0 atom stereocenters.